The highest BCUT2D eigenvalue weighted by Crippen LogP contribution is 2.30. The summed E-state index contributed by atoms with van der Waals surface area (Å²) in [7, 11) is 0. The molecular formula is C14H15NO4S2. The lowest BCUT2D eigenvalue weighted by molar-refractivity contribution is -0.0786. The Bertz CT molecular complexity index is 575. The molecule has 0 spiro atoms. The zero-order valence-electron chi connectivity index (χ0n) is 11.0. The maximum Gasteiger partial charge on any atom is 0.173 e. The van der Waals surface area contributed by atoms with Gasteiger partial charge in [-0.2, -0.15) is 0 Å². The van der Waals surface area contributed by atoms with Crippen molar-refractivity contribution in [2.75, 3.05) is 5.75 Å². The third-order valence-electron chi connectivity index (χ3n) is 3.22. The van der Waals surface area contributed by atoms with Crippen LogP contribution >= 0.6 is 23.1 Å². The van der Waals surface area contributed by atoms with Crippen molar-refractivity contribution < 1.29 is 20.1 Å². The summed E-state index contributed by atoms with van der Waals surface area (Å²) < 4.78 is 5.64. The molecule has 0 radical (unpaired) electrons. The first-order chi connectivity index (χ1) is 10.1. The highest BCUT2D eigenvalue weighted by molar-refractivity contribution is 7.99. The van der Waals surface area contributed by atoms with Gasteiger partial charge in [0.25, 0.3) is 0 Å². The van der Waals surface area contributed by atoms with Crippen molar-refractivity contribution in [1.29, 1.82) is 0 Å². The Kier molecular flexibility index (Phi) is 4.46. The fourth-order valence-electron chi connectivity index (χ4n) is 2.04. The molecule has 0 aliphatic carbocycles. The molecule has 21 heavy (non-hydrogen) atoms. The van der Waals surface area contributed by atoms with E-state index in [-0.39, 0.29) is 0 Å². The van der Waals surface area contributed by atoms with Crippen LogP contribution in [-0.2, 0) is 0 Å². The van der Waals surface area contributed by atoms with Crippen LogP contribution in [0, 0.1) is 0 Å². The molecule has 1 aliphatic heterocycles. The number of thioether (sulfide) groups is 1. The summed E-state index contributed by atoms with van der Waals surface area (Å²) in [5, 5.41) is 31.0. The lowest BCUT2D eigenvalue weighted by atomic mass is 10.1. The summed E-state index contributed by atoms with van der Waals surface area (Å²) in [6.07, 6.45) is -1.64. The third-order valence-corrected chi connectivity index (χ3v) is 5.35. The first kappa shape index (κ1) is 14.8. The number of thiophene rings is 1. The SMILES string of the molecule is O[C@@H]1[C@@H](O)[C@@H](Oc2ccc(-c3cccs3)nc2)SC[C@H]1O. The van der Waals surface area contributed by atoms with Gasteiger partial charge in [-0.25, -0.2) is 0 Å². The molecule has 3 heterocycles. The summed E-state index contributed by atoms with van der Waals surface area (Å²) in [4.78, 5) is 5.40. The van der Waals surface area contributed by atoms with Gasteiger partial charge in [-0.1, -0.05) is 6.07 Å². The smallest absolute Gasteiger partial charge is 0.173 e. The van der Waals surface area contributed by atoms with E-state index in [4.69, 9.17) is 4.74 Å². The van der Waals surface area contributed by atoms with E-state index in [1.807, 2.05) is 23.6 Å². The highest BCUT2D eigenvalue weighted by atomic mass is 32.2. The Morgan fingerprint density at radius 1 is 1.14 bits per heavy atom. The molecular weight excluding hydrogens is 310 g/mol. The van der Waals surface area contributed by atoms with Gasteiger partial charge in [0, 0.05) is 5.75 Å². The maximum atomic E-state index is 9.90. The molecule has 1 saturated heterocycles. The van der Waals surface area contributed by atoms with E-state index in [0.717, 1.165) is 10.6 Å². The minimum atomic E-state index is -1.19. The first-order valence-electron chi connectivity index (χ1n) is 6.47. The zero-order chi connectivity index (χ0) is 14.8. The Labute approximate surface area is 130 Å². The van der Waals surface area contributed by atoms with Crippen LogP contribution in [0.25, 0.3) is 10.6 Å². The van der Waals surface area contributed by atoms with Crippen LogP contribution in [0.4, 0.5) is 0 Å². The van der Waals surface area contributed by atoms with Gasteiger partial charge >= 0.3 is 0 Å². The molecule has 3 rings (SSSR count). The van der Waals surface area contributed by atoms with Crippen molar-refractivity contribution in [2.24, 2.45) is 0 Å². The summed E-state index contributed by atoms with van der Waals surface area (Å²) in [6, 6.07) is 7.60. The molecule has 0 aromatic carbocycles. The van der Waals surface area contributed by atoms with Crippen molar-refractivity contribution >= 4 is 23.1 Å². The Hall–Kier alpha value is -1.12. The number of pyridine rings is 1. The molecule has 0 bridgehead atoms. The summed E-state index contributed by atoms with van der Waals surface area (Å²) in [5.41, 5.74) is 0.252. The van der Waals surface area contributed by atoms with Crippen LogP contribution < -0.4 is 4.74 Å². The molecule has 0 saturated carbocycles. The molecule has 5 nitrogen and oxygen atoms in total. The number of hydrogen-bond acceptors (Lipinski definition) is 7. The number of ether oxygens (including phenoxy) is 1. The van der Waals surface area contributed by atoms with E-state index in [2.05, 4.69) is 4.98 Å². The van der Waals surface area contributed by atoms with Gasteiger partial charge in [-0.3, -0.25) is 4.98 Å². The van der Waals surface area contributed by atoms with Gasteiger partial charge in [0.2, 0.25) is 0 Å². The summed E-state index contributed by atoms with van der Waals surface area (Å²) in [6.45, 7) is 0. The van der Waals surface area contributed by atoms with Crippen LogP contribution in [0.3, 0.4) is 0 Å². The number of aliphatic hydroxyl groups is 3. The predicted molar refractivity (Wildman–Crippen MR) is 82.4 cm³/mol. The quantitative estimate of drug-likeness (QED) is 0.790. The second kappa shape index (κ2) is 6.33. The van der Waals surface area contributed by atoms with E-state index in [1.165, 1.54) is 11.8 Å². The highest BCUT2D eigenvalue weighted by Gasteiger charge is 2.38. The van der Waals surface area contributed by atoms with Gasteiger partial charge in [-0.15, -0.1) is 23.1 Å². The lowest BCUT2D eigenvalue weighted by Crippen LogP contribution is -2.50. The zero-order valence-corrected chi connectivity index (χ0v) is 12.6. The number of aliphatic hydroxyl groups excluding tert-OH is 3. The number of rotatable bonds is 3. The van der Waals surface area contributed by atoms with Gasteiger partial charge < -0.3 is 20.1 Å². The normalized spacial score (nSPS) is 29.3. The van der Waals surface area contributed by atoms with Gasteiger partial charge in [0.15, 0.2) is 5.44 Å². The molecule has 4 atom stereocenters. The second-order valence-corrected chi connectivity index (χ2v) is 6.80. The molecule has 1 aliphatic rings. The molecule has 3 N–H and O–H groups in total. The monoisotopic (exact) mass is 325 g/mol. The average molecular weight is 325 g/mol. The van der Waals surface area contributed by atoms with Crippen molar-refractivity contribution in [3.05, 3.63) is 35.8 Å². The molecule has 0 amide bonds. The largest absolute Gasteiger partial charge is 0.475 e. The average Bonchev–Trinajstić information content (AvgIpc) is 3.03. The predicted octanol–water partition coefficient (Wildman–Crippen LogP) is 1.34. The Balaban J connectivity index is 1.68. The number of hydrogen-bond donors (Lipinski definition) is 3. The Morgan fingerprint density at radius 3 is 2.67 bits per heavy atom. The van der Waals surface area contributed by atoms with Crippen molar-refractivity contribution in [2.45, 2.75) is 23.7 Å². The van der Waals surface area contributed by atoms with Crippen molar-refractivity contribution in [3.8, 4) is 16.3 Å². The van der Waals surface area contributed by atoms with Gasteiger partial charge in [0.1, 0.15) is 18.0 Å². The van der Waals surface area contributed by atoms with E-state index in [1.54, 1.807) is 23.6 Å². The van der Waals surface area contributed by atoms with Gasteiger partial charge in [0.05, 0.1) is 22.9 Å². The summed E-state index contributed by atoms with van der Waals surface area (Å²) in [5.74, 6) is 0.847. The standard InChI is InChI=1S/C14H15NO4S2/c16-10-7-21-14(13(18)12(10)17)19-8-3-4-9(15-6-8)11-2-1-5-20-11/h1-6,10,12-14,16-18H,7H2/t10-,12+,13-,14+/m1/s1. The van der Waals surface area contributed by atoms with E-state index >= 15 is 0 Å². The van der Waals surface area contributed by atoms with Crippen molar-refractivity contribution in [3.63, 3.8) is 0 Å². The van der Waals surface area contributed by atoms with E-state index in [0.29, 0.717) is 11.5 Å². The molecule has 0 unspecified atom stereocenters. The maximum absolute atomic E-state index is 9.90. The molecule has 7 heteroatoms. The molecule has 112 valence electrons. The van der Waals surface area contributed by atoms with Crippen molar-refractivity contribution in [1.82, 2.24) is 4.98 Å². The second-order valence-electron chi connectivity index (χ2n) is 4.72. The first-order valence-corrected chi connectivity index (χ1v) is 8.40. The molecule has 2 aromatic heterocycles. The molecule has 1 fully saturated rings. The van der Waals surface area contributed by atoms with E-state index < -0.39 is 23.7 Å². The van der Waals surface area contributed by atoms with Crippen LogP contribution in [0.5, 0.6) is 5.75 Å². The minimum Gasteiger partial charge on any atom is -0.475 e. The van der Waals surface area contributed by atoms with Crippen LogP contribution in [-0.4, -0.2) is 49.8 Å². The lowest BCUT2D eigenvalue weighted by Gasteiger charge is -2.34. The Morgan fingerprint density at radius 2 is 2.00 bits per heavy atom. The topological polar surface area (TPSA) is 82.8 Å². The van der Waals surface area contributed by atoms with Crippen LogP contribution in [0.15, 0.2) is 35.8 Å². The third kappa shape index (κ3) is 3.22. The van der Waals surface area contributed by atoms with Crippen LogP contribution in [0.2, 0.25) is 0 Å². The van der Waals surface area contributed by atoms with Gasteiger partial charge in [-0.05, 0) is 23.6 Å². The number of aromatic nitrogens is 1. The fourth-order valence-corrected chi connectivity index (χ4v) is 3.86. The summed E-state index contributed by atoms with van der Waals surface area (Å²) >= 11 is 2.88. The minimum absolute atomic E-state index is 0.323. The number of nitrogens with zero attached hydrogens (tertiary/aromatic N) is 1. The molecule has 2 aromatic rings. The van der Waals surface area contributed by atoms with E-state index in [9.17, 15) is 15.3 Å². The fraction of sp³-hybridized carbons (Fsp3) is 0.357. The van der Waals surface area contributed by atoms with Crippen LogP contribution in [0.1, 0.15) is 0 Å².